The fourth-order valence-electron chi connectivity index (χ4n) is 2.01. The quantitative estimate of drug-likeness (QED) is 0.797. The minimum atomic E-state index is -0.820. The van der Waals surface area contributed by atoms with Crippen molar-refractivity contribution in [2.45, 2.75) is 32.7 Å². The van der Waals surface area contributed by atoms with Gasteiger partial charge in [-0.25, -0.2) is 0 Å². The number of carbonyl (C=O) groups is 2. The molecule has 0 heterocycles. The molecule has 1 aromatic carbocycles. The van der Waals surface area contributed by atoms with Gasteiger partial charge >= 0.3 is 5.97 Å². The standard InChI is InChI=1S/C14H19BrN2O3/c1-9(2)17(7-3-4-13(18)19)12-6-5-10(15)8-11(12)14(16)20/h5-6,8-9H,3-4,7H2,1-2H3,(H2,16,20)(H,18,19). The monoisotopic (exact) mass is 342 g/mol. The summed E-state index contributed by atoms with van der Waals surface area (Å²) in [6.07, 6.45) is 0.618. The number of nitrogens with two attached hydrogens (primary N) is 1. The number of halogens is 1. The van der Waals surface area contributed by atoms with E-state index in [9.17, 15) is 9.59 Å². The van der Waals surface area contributed by atoms with Crippen LogP contribution in [0.5, 0.6) is 0 Å². The first-order valence-electron chi connectivity index (χ1n) is 6.40. The minimum Gasteiger partial charge on any atom is -0.481 e. The van der Waals surface area contributed by atoms with Crippen molar-refractivity contribution in [3.63, 3.8) is 0 Å². The lowest BCUT2D eigenvalue weighted by molar-refractivity contribution is -0.137. The average Bonchev–Trinajstić information content (AvgIpc) is 2.34. The summed E-state index contributed by atoms with van der Waals surface area (Å²) in [5, 5.41) is 8.72. The molecule has 6 heteroatoms. The fraction of sp³-hybridized carbons (Fsp3) is 0.429. The molecule has 0 aliphatic rings. The fourth-order valence-corrected chi connectivity index (χ4v) is 2.37. The van der Waals surface area contributed by atoms with E-state index in [1.165, 1.54) is 0 Å². The van der Waals surface area contributed by atoms with Crippen LogP contribution in [-0.2, 0) is 4.79 Å². The topological polar surface area (TPSA) is 83.6 Å². The number of aliphatic carboxylic acids is 1. The van der Waals surface area contributed by atoms with Gasteiger partial charge in [-0.15, -0.1) is 0 Å². The van der Waals surface area contributed by atoms with Gasteiger partial charge in [0.2, 0.25) is 0 Å². The van der Waals surface area contributed by atoms with Crippen LogP contribution in [-0.4, -0.2) is 29.6 Å². The summed E-state index contributed by atoms with van der Waals surface area (Å²) in [6.45, 7) is 4.55. The van der Waals surface area contributed by atoms with Crippen LogP contribution in [0.25, 0.3) is 0 Å². The molecule has 1 amide bonds. The zero-order chi connectivity index (χ0) is 15.3. The third-order valence-corrected chi connectivity index (χ3v) is 3.44. The first kappa shape index (κ1) is 16.5. The van der Waals surface area contributed by atoms with Crippen LogP contribution >= 0.6 is 15.9 Å². The van der Waals surface area contributed by atoms with Gasteiger partial charge in [-0.2, -0.15) is 0 Å². The number of carboxylic acid groups (broad SMARTS) is 1. The summed E-state index contributed by atoms with van der Waals surface area (Å²) in [7, 11) is 0. The molecule has 0 fully saturated rings. The molecular weight excluding hydrogens is 324 g/mol. The first-order chi connectivity index (χ1) is 9.32. The highest BCUT2D eigenvalue weighted by Crippen LogP contribution is 2.26. The average molecular weight is 343 g/mol. The van der Waals surface area contributed by atoms with Crippen molar-refractivity contribution < 1.29 is 14.7 Å². The highest BCUT2D eigenvalue weighted by Gasteiger charge is 2.17. The minimum absolute atomic E-state index is 0.103. The highest BCUT2D eigenvalue weighted by atomic mass is 79.9. The van der Waals surface area contributed by atoms with Gasteiger partial charge in [0.25, 0.3) is 5.91 Å². The summed E-state index contributed by atoms with van der Waals surface area (Å²) < 4.78 is 0.782. The van der Waals surface area contributed by atoms with Crippen LogP contribution in [0.4, 0.5) is 5.69 Å². The predicted molar refractivity (Wildman–Crippen MR) is 82.0 cm³/mol. The van der Waals surface area contributed by atoms with Gasteiger partial charge in [-0.3, -0.25) is 9.59 Å². The van der Waals surface area contributed by atoms with Crippen molar-refractivity contribution in [1.82, 2.24) is 0 Å². The van der Waals surface area contributed by atoms with E-state index < -0.39 is 11.9 Å². The number of primary amides is 1. The molecule has 0 aliphatic heterocycles. The van der Waals surface area contributed by atoms with Gasteiger partial charge in [0, 0.05) is 29.2 Å². The summed E-state index contributed by atoms with van der Waals surface area (Å²) >= 11 is 3.32. The molecule has 0 aliphatic carbocycles. The lowest BCUT2D eigenvalue weighted by Gasteiger charge is -2.30. The van der Waals surface area contributed by atoms with E-state index >= 15 is 0 Å². The number of amides is 1. The Morgan fingerprint density at radius 1 is 1.40 bits per heavy atom. The molecular formula is C14H19BrN2O3. The van der Waals surface area contributed by atoms with E-state index in [0.29, 0.717) is 18.5 Å². The summed E-state index contributed by atoms with van der Waals surface area (Å²) in [5.74, 6) is -1.31. The van der Waals surface area contributed by atoms with Crippen molar-refractivity contribution >= 4 is 33.5 Å². The number of carbonyl (C=O) groups excluding carboxylic acids is 1. The molecule has 0 saturated carbocycles. The molecule has 0 bridgehead atoms. The van der Waals surface area contributed by atoms with E-state index in [1.54, 1.807) is 6.07 Å². The largest absolute Gasteiger partial charge is 0.481 e. The van der Waals surface area contributed by atoms with Crippen LogP contribution in [0.3, 0.4) is 0 Å². The van der Waals surface area contributed by atoms with Gasteiger partial charge in [0.05, 0.1) is 5.56 Å². The van der Waals surface area contributed by atoms with Crippen LogP contribution in [0, 0.1) is 0 Å². The van der Waals surface area contributed by atoms with Gasteiger partial charge in [0.15, 0.2) is 0 Å². The van der Waals surface area contributed by atoms with E-state index in [-0.39, 0.29) is 12.5 Å². The Morgan fingerprint density at radius 2 is 2.05 bits per heavy atom. The Bertz CT molecular complexity index is 503. The second kappa shape index (κ2) is 7.28. The Hall–Kier alpha value is -1.56. The molecule has 1 aromatic rings. The number of hydrogen-bond donors (Lipinski definition) is 2. The van der Waals surface area contributed by atoms with Crippen molar-refractivity contribution in [2.24, 2.45) is 5.73 Å². The van der Waals surface area contributed by atoms with Crippen LogP contribution in [0.1, 0.15) is 37.0 Å². The summed E-state index contributed by atoms with van der Waals surface area (Å²) in [4.78, 5) is 24.2. The predicted octanol–water partition coefficient (Wildman–Crippen LogP) is 2.63. The van der Waals surface area contributed by atoms with Gasteiger partial charge < -0.3 is 15.7 Å². The van der Waals surface area contributed by atoms with Crippen molar-refractivity contribution in [3.8, 4) is 0 Å². The van der Waals surface area contributed by atoms with Gasteiger partial charge in [0.1, 0.15) is 0 Å². The SMILES string of the molecule is CC(C)N(CCCC(=O)O)c1ccc(Br)cc1C(N)=O. The molecule has 110 valence electrons. The number of hydrogen-bond acceptors (Lipinski definition) is 3. The zero-order valence-corrected chi connectivity index (χ0v) is 13.2. The maximum atomic E-state index is 11.6. The van der Waals surface area contributed by atoms with E-state index in [2.05, 4.69) is 15.9 Å². The highest BCUT2D eigenvalue weighted by molar-refractivity contribution is 9.10. The van der Waals surface area contributed by atoms with Crippen molar-refractivity contribution in [2.75, 3.05) is 11.4 Å². The summed E-state index contributed by atoms with van der Waals surface area (Å²) in [5.41, 5.74) is 6.59. The molecule has 0 saturated heterocycles. The maximum absolute atomic E-state index is 11.6. The number of benzene rings is 1. The smallest absolute Gasteiger partial charge is 0.303 e. The molecule has 0 atom stereocenters. The lowest BCUT2D eigenvalue weighted by atomic mass is 10.1. The molecule has 1 rings (SSSR count). The third-order valence-electron chi connectivity index (χ3n) is 2.95. The van der Waals surface area contributed by atoms with Crippen molar-refractivity contribution in [3.05, 3.63) is 28.2 Å². The van der Waals surface area contributed by atoms with Crippen LogP contribution < -0.4 is 10.6 Å². The normalized spacial score (nSPS) is 10.6. The van der Waals surface area contributed by atoms with Crippen LogP contribution in [0.15, 0.2) is 22.7 Å². The van der Waals surface area contributed by atoms with Crippen molar-refractivity contribution in [1.29, 1.82) is 0 Å². The maximum Gasteiger partial charge on any atom is 0.303 e. The number of carboxylic acids is 1. The summed E-state index contributed by atoms with van der Waals surface area (Å²) in [6, 6.07) is 5.49. The first-order valence-corrected chi connectivity index (χ1v) is 7.20. The number of anilines is 1. The number of rotatable bonds is 7. The van der Waals surface area contributed by atoms with Crippen LogP contribution in [0.2, 0.25) is 0 Å². The lowest BCUT2D eigenvalue weighted by Crippen LogP contribution is -2.34. The Balaban J connectivity index is 3.02. The zero-order valence-electron chi connectivity index (χ0n) is 11.6. The van der Waals surface area contributed by atoms with E-state index in [0.717, 1.165) is 10.2 Å². The molecule has 20 heavy (non-hydrogen) atoms. The van der Waals surface area contributed by atoms with E-state index in [4.69, 9.17) is 10.8 Å². The molecule has 0 unspecified atom stereocenters. The molecule has 0 radical (unpaired) electrons. The molecule has 0 spiro atoms. The second-order valence-electron chi connectivity index (χ2n) is 4.81. The van der Waals surface area contributed by atoms with E-state index in [1.807, 2.05) is 30.9 Å². The Kier molecular flexibility index (Phi) is 6.01. The second-order valence-corrected chi connectivity index (χ2v) is 5.73. The number of nitrogens with zero attached hydrogens (tertiary/aromatic N) is 1. The third kappa shape index (κ3) is 4.52. The Morgan fingerprint density at radius 3 is 2.55 bits per heavy atom. The molecule has 3 N–H and O–H groups in total. The van der Waals surface area contributed by atoms with Gasteiger partial charge in [-0.05, 0) is 38.5 Å². The van der Waals surface area contributed by atoms with Gasteiger partial charge in [-0.1, -0.05) is 15.9 Å². The molecule has 0 aromatic heterocycles. The molecule has 5 nitrogen and oxygen atoms in total. The Labute approximate surface area is 126 Å².